The van der Waals surface area contributed by atoms with Crippen LogP contribution in [0.5, 0.6) is 0 Å². The summed E-state index contributed by atoms with van der Waals surface area (Å²) in [6.45, 7) is 6.60. The van der Waals surface area contributed by atoms with Crippen molar-refractivity contribution in [1.82, 2.24) is 4.90 Å². The second-order valence-corrected chi connectivity index (χ2v) is 5.17. The van der Waals surface area contributed by atoms with Crippen molar-refractivity contribution in [3.63, 3.8) is 0 Å². The summed E-state index contributed by atoms with van der Waals surface area (Å²) in [6.07, 6.45) is 1.21. The number of amides is 1. The van der Waals surface area contributed by atoms with Crippen molar-refractivity contribution in [1.29, 1.82) is 0 Å². The summed E-state index contributed by atoms with van der Waals surface area (Å²) in [5.41, 5.74) is 1.08. The highest BCUT2D eigenvalue weighted by molar-refractivity contribution is 5.70. The number of rotatable bonds is 6. The standard InChI is InChI=1S/C16H23NO3/c1-4-14(5-2)20-15-12(3)19-16(18)17(15)11-13-9-7-6-8-10-13/h6-10,12,14-15H,4-5,11H2,1-3H3. The predicted octanol–water partition coefficient (Wildman–Crippen LogP) is 3.56. The SMILES string of the molecule is CCC(CC)OC1C(C)OC(=O)N1Cc1ccccc1. The van der Waals surface area contributed by atoms with Crippen molar-refractivity contribution in [2.24, 2.45) is 0 Å². The minimum Gasteiger partial charge on any atom is -0.442 e. The first-order chi connectivity index (χ1) is 9.65. The van der Waals surface area contributed by atoms with Gasteiger partial charge in [-0.25, -0.2) is 4.79 Å². The zero-order chi connectivity index (χ0) is 14.5. The molecule has 0 aliphatic carbocycles. The summed E-state index contributed by atoms with van der Waals surface area (Å²) in [4.78, 5) is 13.7. The predicted molar refractivity (Wildman–Crippen MR) is 77.2 cm³/mol. The Morgan fingerprint density at radius 2 is 1.90 bits per heavy atom. The quantitative estimate of drug-likeness (QED) is 0.798. The molecule has 20 heavy (non-hydrogen) atoms. The average Bonchev–Trinajstić information content (AvgIpc) is 2.72. The van der Waals surface area contributed by atoms with Crippen LogP contribution < -0.4 is 0 Å². The Kier molecular flexibility index (Phi) is 5.01. The third-order valence-corrected chi connectivity index (χ3v) is 3.67. The van der Waals surface area contributed by atoms with Crippen LogP contribution in [0.2, 0.25) is 0 Å². The van der Waals surface area contributed by atoms with Gasteiger partial charge in [-0.3, -0.25) is 4.90 Å². The monoisotopic (exact) mass is 277 g/mol. The van der Waals surface area contributed by atoms with Gasteiger partial charge in [0.05, 0.1) is 12.6 Å². The molecule has 0 spiro atoms. The summed E-state index contributed by atoms with van der Waals surface area (Å²) in [5, 5.41) is 0. The largest absolute Gasteiger partial charge is 0.442 e. The number of cyclic esters (lactones) is 1. The maximum absolute atomic E-state index is 12.0. The molecule has 0 N–H and O–H groups in total. The van der Waals surface area contributed by atoms with Gasteiger partial charge >= 0.3 is 6.09 Å². The van der Waals surface area contributed by atoms with Gasteiger partial charge in [0.1, 0.15) is 6.10 Å². The first-order valence-corrected chi connectivity index (χ1v) is 7.32. The molecule has 110 valence electrons. The summed E-state index contributed by atoms with van der Waals surface area (Å²) in [7, 11) is 0. The fourth-order valence-corrected chi connectivity index (χ4v) is 2.44. The molecule has 2 atom stereocenters. The molecule has 4 nitrogen and oxygen atoms in total. The fourth-order valence-electron chi connectivity index (χ4n) is 2.44. The normalized spacial score (nSPS) is 22.4. The van der Waals surface area contributed by atoms with Crippen LogP contribution in [0, 0.1) is 0 Å². The zero-order valence-electron chi connectivity index (χ0n) is 12.4. The molecule has 0 bridgehead atoms. The van der Waals surface area contributed by atoms with Crippen LogP contribution in [0.1, 0.15) is 39.2 Å². The van der Waals surface area contributed by atoms with Crippen LogP contribution in [0.4, 0.5) is 4.79 Å². The summed E-state index contributed by atoms with van der Waals surface area (Å²) in [6, 6.07) is 9.91. The average molecular weight is 277 g/mol. The molecule has 1 aromatic carbocycles. The molecule has 1 amide bonds. The lowest BCUT2D eigenvalue weighted by Crippen LogP contribution is -2.40. The van der Waals surface area contributed by atoms with Gasteiger partial charge in [0.15, 0.2) is 6.23 Å². The van der Waals surface area contributed by atoms with Gasteiger partial charge in [-0.05, 0) is 25.3 Å². The molecule has 1 aliphatic rings. The number of carbonyl (C=O) groups is 1. The van der Waals surface area contributed by atoms with Crippen molar-refractivity contribution in [2.75, 3.05) is 0 Å². The van der Waals surface area contributed by atoms with Gasteiger partial charge in [0.2, 0.25) is 0 Å². The number of hydrogen-bond acceptors (Lipinski definition) is 3. The molecule has 2 rings (SSSR count). The van der Waals surface area contributed by atoms with Crippen LogP contribution in [-0.2, 0) is 16.0 Å². The Balaban J connectivity index is 2.09. The number of ether oxygens (including phenoxy) is 2. The molecular formula is C16H23NO3. The van der Waals surface area contributed by atoms with Crippen LogP contribution in [0.25, 0.3) is 0 Å². The summed E-state index contributed by atoms with van der Waals surface area (Å²) < 4.78 is 11.4. The maximum atomic E-state index is 12.0. The van der Waals surface area contributed by atoms with Gasteiger partial charge in [-0.15, -0.1) is 0 Å². The molecule has 0 radical (unpaired) electrons. The van der Waals surface area contributed by atoms with E-state index in [9.17, 15) is 4.79 Å². The van der Waals surface area contributed by atoms with Crippen molar-refractivity contribution >= 4 is 6.09 Å². The smallest absolute Gasteiger partial charge is 0.412 e. The van der Waals surface area contributed by atoms with Crippen molar-refractivity contribution in [2.45, 2.75) is 58.6 Å². The second kappa shape index (κ2) is 6.75. The molecule has 1 aromatic rings. The van der Waals surface area contributed by atoms with E-state index in [1.54, 1.807) is 4.90 Å². The lowest BCUT2D eigenvalue weighted by Gasteiger charge is -2.27. The summed E-state index contributed by atoms with van der Waals surface area (Å²) in [5.74, 6) is 0. The molecule has 4 heteroatoms. The minimum atomic E-state index is -0.299. The van der Waals surface area contributed by atoms with Gasteiger partial charge < -0.3 is 9.47 Å². The Morgan fingerprint density at radius 1 is 1.25 bits per heavy atom. The first-order valence-electron chi connectivity index (χ1n) is 7.32. The van der Waals surface area contributed by atoms with E-state index < -0.39 is 0 Å². The van der Waals surface area contributed by atoms with E-state index in [2.05, 4.69) is 13.8 Å². The lowest BCUT2D eigenvalue weighted by atomic mass is 10.2. The zero-order valence-corrected chi connectivity index (χ0v) is 12.4. The third-order valence-electron chi connectivity index (χ3n) is 3.67. The molecule has 0 saturated carbocycles. The van der Waals surface area contributed by atoms with E-state index in [1.165, 1.54) is 0 Å². The van der Waals surface area contributed by atoms with Crippen molar-refractivity contribution in [3.8, 4) is 0 Å². The van der Waals surface area contributed by atoms with Crippen molar-refractivity contribution < 1.29 is 14.3 Å². The lowest BCUT2D eigenvalue weighted by molar-refractivity contribution is -0.0932. The molecule has 1 fully saturated rings. The van der Waals surface area contributed by atoms with E-state index in [-0.39, 0.29) is 24.5 Å². The number of nitrogens with zero attached hydrogens (tertiary/aromatic N) is 1. The molecule has 2 unspecified atom stereocenters. The van der Waals surface area contributed by atoms with E-state index >= 15 is 0 Å². The van der Waals surface area contributed by atoms with E-state index in [0.717, 1.165) is 18.4 Å². The van der Waals surface area contributed by atoms with Crippen LogP contribution in [0.3, 0.4) is 0 Å². The number of benzene rings is 1. The Hall–Kier alpha value is -1.55. The molecule has 0 aromatic heterocycles. The van der Waals surface area contributed by atoms with Gasteiger partial charge in [-0.2, -0.15) is 0 Å². The molecule has 1 heterocycles. The van der Waals surface area contributed by atoms with E-state index in [4.69, 9.17) is 9.47 Å². The second-order valence-electron chi connectivity index (χ2n) is 5.17. The topological polar surface area (TPSA) is 38.8 Å². The van der Waals surface area contributed by atoms with Crippen molar-refractivity contribution in [3.05, 3.63) is 35.9 Å². The van der Waals surface area contributed by atoms with Gasteiger partial charge in [0, 0.05) is 0 Å². The number of hydrogen-bond donors (Lipinski definition) is 0. The molecular weight excluding hydrogens is 254 g/mol. The Labute approximate surface area is 120 Å². The van der Waals surface area contributed by atoms with Gasteiger partial charge in [-0.1, -0.05) is 44.2 Å². The first kappa shape index (κ1) is 14.9. The molecule has 1 aliphatic heterocycles. The highest BCUT2D eigenvalue weighted by Gasteiger charge is 2.40. The minimum absolute atomic E-state index is 0.162. The highest BCUT2D eigenvalue weighted by Crippen LogP contribution is 2.25. The highest BCUT2D eigenvalue weighted by atomic mass is 16.6. The van der Waals surface area contributed by atoms with Crippen LogP contribution in [-0.4, -0.2) is 29.4 Å². The third kappa shape index (κ3) is 3.31. The summed E-state index contributed by atoms with van der Waals surface area (Å²) >= 11 is 0. The maximum Gasteiger partial charge on any atom is 0.412 e. The van der Waals surface area contributed by atoms with Gasteiger partial charge in [0.25, 0.3) is 0 Å². The van der Waals surface area contributed by atoms with E-state index in [0.29, 0.717) is 6.54 Å². The van der Waals surface area contributed by atoms with Crippen LogP contribution in [0.15, 0.2) is 30.3 Å². The Morgan fingerprint density at radius 3 is 2.50 bits per heavy atom. The number of carbonyl (C=O) groups excluding carboxylic acids is 1. The Bertz CT molecular complexity index is 431. The van der Waals surface area contributed by atoms with E-state index in [1.807, 2.05) is 37.3 Å². The molecule has 1 saturated heterocycles. The van der Waals surface area contributed by atoms with Crippen LogP contribution >= 0.6 is 0 Å². The fraction of sp³-hybridized carbons (Fsp3) is 0.562.